The molecule has 180 valence electrons. The third-order valence-corrected chi connectivity index (χ3v) is 6.16. The topological polar surface area (TPSA) is 103 Å². The second-order valence-electron chi connectivity index (χ2n) is 7.82. The summed E-state index contributed by atoms with van der Waals surface area (Å²) in [5.74, 6) is -0.0183. The van der Waals surface area contributed by atoms with Crippen molar-refractivity contribution in [3.05, 3.63) is 87.9 Å². The van der Waals surface area contributed by atoms with Crippen LogP contribution >= 0.6 is 15.9 Å². The van der Waals surface area contributed by atoms with Gasteiger partial charge >= 0.3 is 0 Å². The Bertz CT molecular complexity index is 1380. The lowest BCUT2D eigenvalue weighted by Gasteiger charge is -2.11. The van der Waals surface area contributed by atoms with Crippen molar-refractivity contribution in [3.63, 3.8) is 0 Å². The molecular weight excluding hydrogens is 512 g/mol. The second kappa shape index (κ2) is 10.6. The second-order valence-corrected chi connectivity index (χ2v) is 8.67. The maximum Gasteiger partial charge on any atom is 0.276 e. The van der Waals surface area contributed by atoms with E-state index in [1.807, 2.05) is 44.2 Å². The van der Waals surface area contributed by atoms with Gasteiger partial charge in [0, 0.05) is 19.2 Å². The molecule has 0 saturated carbocycles. The lowest BCUT2D eigenvalue weighted by molar-refractivity contribution is 0.101. The highest BCUT2D eigenvalue weighted by Gasteiger charge is 2.21. The molecule has 0 aliphatic heterocycles. The Morgan fingerprint density at radius 1 is 1.00 bits per heavy atom. The molecule has 2 heterocycles. The van der Waals surface area contributed by atoms with Crippen LogP contribution in [0.3, 0.4) is 0 Å². The molecule has 2 amide bonds. The van der Waals surface area contributed by atoms with E-state index in [1.54, 1.807) is 40.8 Å². The lowest BCUT2D eigenvalue weighted by atomic mass is 10.1. The van der Waals surface area contributed by atoms with Crippen LogP contribution in [-0.2, 0) is 20.2 Å². The molecule has 9 nitrogen and oxygen atoms in total. The quantitative estimate of drug-likeness (QED) is 0.337. The predicted octanol–water partition coefficient (Wildman–Crippen LogP) is 4.79. The van der Waals surface area contributed by atoms with Crippen LogP contribution in [0.1, 0.15) is 39.0 Å². The number of anilines is 2. The van der Waals surface area contributed by atoms with Gasteiger partial charge in [-0.05, 0) is 59.6 Å². The summed E-state index contributed by atoms with van der Waals surface area (Å²) in [6, 6.07) is 14.7. The zero-order chi connectivity index (χ0) is 24.9. The number of para-hydroxylation sites is 1. The Balaban J connectivity index is 1.49. The SMILES string of the molecule is CCn1ncc(NC(=O)c2cccc(COc3ccccc3Br)c2)c1C(=O)Nc1cnn(C)c1C. The summed E-state index contributed by atoms with van der Waals surface area (Å²) in [6.07, 6.45) is 3.06. The fraction of sp³-hybridized carbons (Fsp3) is 0.200. The van der Waals surface area contributed by atoms with Crippen molar-refractivity contribution in [1.29, 1.82) is 0 Å². The van der Waals surface area contributed by atoms with E-state index in [0.717, 1.165) is 15.7 Å². The van der Waals surface area contributed by atoms with Crippen LogP contribution in [0.2, 0.25) is 0 Å². The normalized spacial score (nSPS) is 10.7. The molecule has 0 aliphatic carbocycles. The first-order valence-corrected chi connectivity index (χ1v) is 11.8. The Labute approximate surface area is 211 Å². The van der Waals surface area contributed by atoms with Crippen molar-refractivity contribution in [1.82, 2.24) is 19.6 Å². The van der Waals surface area contributed by atoms with Gasteiger partial charge in [-0.1, -0.05) is 24.3 Å². The minimum atomic E-state index is -0.383. The van der Waals surface area contributed by atoms with Crippen LogP contribution in [-0.4, -0.2) is 31.4 Å². The highest BCUT2D eigenvalue weighted by molar-refractivity contribution is 9.10. The van der Waals surface area contributed by atoms with Crippen LogP contribution in [0, 0.1) is 6.92 Å². The van der Waals surface area contributed by atoms with Gasteiger partial charge in [0.15, 0.2) is 0 Å². The summed E-state index contributed by atoms with van der Waals surface area (Å²) in [4.78, 5) is 26.1. The predicted molar refractivity (Wildman–Crippen MR) is 137 cm³/mol. The van der Waals surface area contributed by atoms with Crippen LogP contribution in [0.15, 0.2) is 65.4 Å². The first-order chi connectivity index (χ1) is 16.9. The van der Waals surface area contributed by atoms with Gasteiger partial charge < -0.3 is 15.4 Å². The molecule has 0 bridgehead atoms. The first-order valence-electron chi connectivity index (χ1n) is 11.0. The Kier molecular flexibility index (Phi) is 7.31. The Morgan fingerprint density at radius 3 is 2.46 bits per heavy atom. The molecular formula is C25H25BrN6O3. The van der Waals surface area contributed by atoms with Crippen molar-refractivity contribution in [2.24, 2.45) is 7.05 Å². The molecule has 0 aliphatic rings. The molecule has 0 unspecified atom stereocenters. The van der Waals surface area contributed by atoms with Gasteiger partial charge in [0.25, 0.3) is 11.8 Å². The van der Waals surface area contributed by atoms with E-state index in [2.05, 4.69) is 36.8 Å². The number of carbonyl (C=O) groups is 2. The number of halogens is 1. The number of aryl methyl sites for hydroxylation is 2. The van der Waals surface area contributed by atoms with Crippen molar-refractivity contribution in [2.45, 2.75) is 27.0 Å². The molecule has 2 aromatic heterocycles. The molecule has 4 rings (SSSR count). The number of hydrogen-bond donors (Lipinski definition) is 2. The van der Waals surface area contributed by atoms with E-state index < -0.39 is 0 Å². The summed E-state index contributed by atoms with van der Waals surface area (Å²) in [7, 11) is 1.80. The molecule has 10 heteroatoms. The van der Waals surface area contributed by atoms with Gasteiger partial charge in [0.05, 0.1) is 33.9 Å². The number of nitrogens with one attached hydrogen (secondary N) is 2. The lowest BCUT2D eigenvalue weighted by Crippen LogP contribution is -2.21. The summed E-state index contributed by atoms with van der Waals surface area (Å²) in [5, 5.41) is 14.1. The van der Waals surface area contributed by atoms with Crippen LogP contribution in [0.25, 0.3) is 0 Å². The monoisotopic (exact) mass is 536 g/mol. The summed E-state index contributed by atoms with van der Waals surface area (Å²) in [6.45, 7) is 4.50. The van der Waals surface area contributed by atoms with Gasteiger partial charge in [-0.15, -0.1) is 0 Å². The number of carbonyl (C=O) groups excluding carboxylic acids is 2. The molecule has 0 fully saturated rings. The number of amides is 2. The van der Waals surface area contributed by atoms with Gasteiger partial charge in [-0.2, -0.15) is 10.2 Å². The summed E-state index contributed by atoms with van der Waals surface area (Å²) in [5.41, 5.74) is 3.27. The molecule has 2 aromatic carbocycles. The number of benzene rings is 2. The fourth-order valence-electron chi connectivity index (χ4n) is 3.48. The Hall–Kier alpha value is -3.92. The van der Waals surface area contributed by atoms with E-state index in [1.165, 1.54) is 6.20 Å². The number of nitrogens with zero attached hydrogens (tertiary/aromatic N) is 4. The van der Waals surface area contributed by atoms with Crippen LogP contribution < -0.4 is 15.4 Å². The van der Waals surface area contributed by atoms with Crippen LogP contribution in [0.4, 0.5) is 11.4 Å². The molecule has 4 aromatic rings. The van der Waals surface area contributed by atoms with Crippen molar-refractivity contribution in [2.75, 3.05) is 10.6 Å². The molecule has 0 atom stereocenters. The highest BCUT2D eigenvalue weighted by atomic mass is 79.9. The van der Waals surface area contributed by atoms with Gasteiger partial charge in [0.1, 0.15) is 18.1 Å². The van der Waals surface area contributed by atoms with E-state index in [4.69, 9.17) is 4.74 Å². The molecule has 0 radical (unpaired) electrons. The molecule has 2 N–H and O–H groups in total. The molecule has 35 heavy (non-hydrogen) atoms. The third-order valence-electron chi connectivity index (χ3n) is 5.51. The van der Waals surface area contributed by atoms with Crippen molar-refractivity contribution >= 4 is 39.1 Å². The van der Waals surface area contributed by atoms with Crippen LogP contribution in [0.5, 0.6) is 5.75 Å². The van der Waals surface area contributed by atoms with Gasteiger partial charge in [-0.3, -0.25) is 19.0 Å². The largest absolute Gasteiger partial charge is 0.488 e. The minimum Gasteiger partial charge on any atom is -0.488 e. The fourth-order valence-corrected chi connectivity index (χ4v) is 3.88. The highest BCUT2D eigenvalue weighted by Crippen LogP contribution is 2.25. The average Bonchev–Trinajstić information content (AvgIpc) is 3.41. The summed E-state index contributed by atoms with van der Waals surface area (Å²) >= 11 is 3.46. The van der Waals surface area contributed by atoms with E-state index >= 15 is 0 Å². The van der Waals surface area contributed by atoms with Crippen molar-refractivity contribution < 1.29 is 14.3 Å². The Morgan fingerprint density at radius 2 is 1.74 bits per heavy atom. The number of rotatable bonds is 8. The smallest absolute Gasteiger partial charge is 0.276 e. The average molecular weight is 537 g/mol. The number of ether oxygens (including phenoxy) is 1. The zero-order valence-corrected chi connectivity index (χ0v) is 21.2. The standard InChI is InChI=1S/C25H25BrN6O3/c1-4-32-23(25(34)29-20-13-27-31(3)16(20)2)21(14-28-32)30-24(33)18-9-7-8-17(12-18)15-35-22-11-6-5-10-19(22)26/h5-14H,4,15H2,1-3H3,(H,29,34)(H,30,33). The maximum atomic E-state index is 13.1. The van der Waals surface area contributed by atoms with E-state index in [0.29, 0.717) is 35.8 Å². The zero-order valence-electron chi connectivity index (χ0n) is 19.6. The van der Waals surface area contributed by atoms with Gasteiger partial charge in [0.2, 0.25) is 0 Å². The number of aromatic nitrogens is 4. The number of hydrogen-bond acceptors (Lipinski definition) is 5. The maximum absolute atomic E-state index is 13.1. The summed E-state index contributed by atoms with van der Waals surface area (Å²) < 4.78 is 9.93. The van der Waals surface area contributed by atoms with Crippen molar-refractivity contribution in [3.8, 4) is 5.75 Å². The van der Waals surface area contributed by atoms with E-state index in [9.17, 15) is 9.59 Å². The third kappa shape index (κ3) is 5.43. The van der Waals surface area contributed by atoms with Gasteiger partial charge in [-0.25, -0.2) is 0 Å². The molecule has 0 saturated heterocycles. The minimum absolute atomic E-state index is 0.262. The van der Waals surface area contributed by atoms with E-state index in [-0.39, 0.29) is 17.5 Å². The molecule has 0 spiro atoms. The first kappa shape index (κ1) is 24.2.